The molecular weight excluding hydrogens is 290 g/mol. The number of benzene rings is 1. The Morgan fingerprint density at radius 2 is 2.09 bits per heavy atom. The molecule has 3 unspecified atom stereocenters. The summed E-state index contributed by atoms with van der Waals surface area (Å²) in [6.45, 7) is 3.18. The highest BCUT2D eigenvalue weighted by Crippen LogP contribution is 2.28. The van der Waals surface area contributed by atoms with Crippen molar-refractivity contribution >= 4 is 17.7 Å². The van der Waals surface area contributed by atoms with Gasteiger partial charge in [0.15, 0.2) is 5.96 Å². The highest BCUT2D eigenvalue weighted by Gasteiger charge is 2.24. The lowest BCUT2D eigenvalue weighted by atomic mass is 9.97. The predicted octanol–water partition coefficient (Wildman–Crippen LogP) is 3.63. The molecule has 0 heterocycles. The summed E-state index contributed by atoms with van der Waals surface area (Å²) in [7, 11) is 1.86. The van der Waals surface area contributed by atoms with Crippen molar-refractivity contribution in [2.24, 2.45) is 4.99 Å². The Labute approximate surface area is 139 Å². The normalized spacial score (nSPS) is 23.3. The number of nitrogens with zero attached hydrogens (tertiary/aromatic N) is 1. The van der Waals surface area contributed by atoms with Crippen molar-refractivity contribution in [1.29, 1.82) is 0 Å². The fourth-order valence-electron chi connectivity index (χ4n) is 3.12. The van der Waals surface area contributed by atoms with Gasteiger partial charge in [-0.25, -0.2) is 0 Å². The molecule has 1 aromatic carbocycles. The molecule has 1 saturated carbocycles. The topological polar surface area (TPSA) is 36.4 Å². The molecule has 0 aromatic heterocycles. The van der Waals surface area contributed by atoms with Crippen LogP contribution < -0.4 is 10.6 Å². The van der Waals surface area contributed by atoms with Crippen LogP contribution in [0.1, 0.15) is 44.1 Å². The fourth-order valence-corrected chi connectivity index (χ4v) is 3.91. The van der Waals surface area contributed by atoms with Crippen LogP contribution in [0.25, 0.3) is 0 Å². The summed E-state index contributed by atoms with van der Waals surface area (Å²) in [5.74, 6) is 1.48. The van der Waals surface area contributed by atoms with Crippen molar-refractivity contribution in [2.75, 3.05) is 19.8 Å². The average Bonchev–Trinajstić information content (AvgIpc) is 3.03. The summed E-state index contributed by atoms with van der Waals surface area (Å²) >= 11 is 1.99. The fraction of sp³-hybridized carbons (Fsp3) is 0.611. The molecule has 122 valence electrons. The van der Waals surface area contributed by atoms with Crippen molar-refractivity contribution in [1.82, 2.24) is 10.6 Å². The lowest BCUT2D eigenvalue weighted by Crippen LogP contribution is -2.43. The molecule has 3 nitrogen and oxygen atoms in total. The van der Waals surface area contributed by atoms with E-state index >= 15 is 0 Å². The minimum absolute atomic E-state index is 0.530. The second kappa shape index (κ2) is 9.09. The van der Waals surface area contributed by atoms with Crippen molar-refractivity contribution < 1.29 is 0 Å². The molecular formula is C18H29N3S. The van der Waals surface area contributed by atoms with Crippen LogP contribution in [-0.2, 0) is 0 Å². The highest BCUT2D eigenvalue weighted by molar-refractivity contribution is 7.99. The van der Waals surface area contributed by atoms with E-state index in [9.17, 15) is 0 Å². The summed E-state index contributed by atoms with van der Waals surface area (Å²) in [6, 6.07) is 11.3. The summed E-state index contributed by atoms with van der Waals surface area (Å²) < 4.78 is 0. The van der Waals surface area contributed by atoms with Crippen molar-refractivity contribution in [3.8, 4) is 0 Å². The smallest absolute Gasteiger partial charge is 0.191 e. The van der Waals surface area contributed by atoms with E-state index in [4.69, 9.17) is 0 Å². The maximum Gasteiger partial charge on any atom is 0.191 e. The summed E-state index contributed by atoms with van der Waals surface area (Å²) in [5, 5.41) is 7.91. The number of hydrogen-bond donors (Lipinski definition) is 2. The molecule has 0 radical (unpaired) electrons. The van der Waals surface area contributed by atoms with Crippen molar-refractivity contribution in [3.05, 3.63) is 35.9 Å². The molecule has 0 amide bonds. The van der Waals surface area contributed by atoms with Gasteiger partial charge >= 0.3 is 0 Å². The Bertz CT molecular complexity index is 461. The van der Waals surface area contributed by atoms with E-state index in [-0.39, 0.29) is 0 Å². The SMILES string of the molecule is CCC(CNC(=NC)NC1CCC(SC)C1)c1ccccc1. The Balaban J connectivity index is 1.83. The molecule has 3 atom stereocenters. The molecule has 4 heteroatoms. The predicted molar refractivity (Wildman–Crippen MR) is 98.9 cm³/mol. The van der Waals surface area contributed by atoms with Gasteiger partial charge in [-0.2, -0.15) is 11.8 Å². The third-order valence-electron chi connectivity index (χ3n) is 4.56. The summed E-state index contributed by atoms with van der Waals surface area (Å²) in [4.78, 5) is 4.39. The van der Waals surface area contributed by atoms with Gasteiger partial charge in [-0.3, -0.25) is 4.99 Å². The maximum atomic E-state index is 4.39. The average molecular weight is 320 g/mol. The van der Waals surface area contributed by atoms with E-state index < -0.39 is 0 Å². The summed E-state index contributed by atoms with van der Waals surface area (Å²) in [6.07, 6.45) is 7.16. The molecule has 1 fully saturated rings. The molecule has 0 spiro atoms. The Kier molecular flexibility index (Phi) is 7.10. The lowest BCUT2D eigenvalue weighted by molar-refractivity contribution is 0.591. The number of guanidine groups is 1. The number of thioether (sulfide) groups is 1. The standard InChI is InChI=1S/C18H29N3S/c1-4-14(15-8-6-5-7-9-15)13-20-18(19-2)21-16-10-11-17(12-16)22-3/h5-9,14,16-17H,4,10-13H2,1-3H3,(H2,19,20,21). The Morgan fingerprint density at radius 3 is 2.68 bits per heavy atom. The van der Waals surface area contributed by atoms with Crippen LogP contribution in [0.15, 0.2) is 35.3 Å². The third kappa shape index (κ3) is 4.94. The van der Waals surface area contributed by atoms with E-state index in [0.29, 0.717) is 12.0 Å². The van der Waals surface area contributed by atoms with Gasteiger partial charge in [0.1, 0.15) is 0 Å². The summed E-state index contributed by atoms with van der Waals surface area (Å²) in [5.41, 5.74) is 1.40. The maximum absolute atomic E-state index is 4.39. The van der Waals surface area contributed by atoms with Gasteiger partial charge in [0.25, 0.3) is 0 Å². The number of rotatable bonds is 6. The van der Waals surface area contributed by atoms with Crippen LogP contribution in [-0.4, -0.2) is 37.1 Å². The van der Waals surface area contributed by atoms with E-state index in [1.54, 1.807) is 0 Å². The molecule has 2 rings (SSSR count). The first-order valence-corrected chi connectivity index (χ1v) is 9.60. The molecule has 1 aliphatic carbocycles. The second-order valence-corrected chi connectivity index (χ2v) is 7.12. The van der Waals surface area contributed by atoms with Crippen molar-refractivity contribution in [2.45, 2.75) is 49.8 Å². The zero-order chi connectivity index (χ0) is 15.8. The quantitative estimate of drug-likeness (QED) is 0.621. The van der Waals surface area contributed by atoms with Crippen LogP contribution >= 0.6 is 11.8 Å². The lowest BCUT2D eigenvalue weighted by Gasteiger charge is -2.21. The van der Waals surface area contributed by atoms with E-state index in [1.807, 2.05) is 18.8 Å². The third-order valence-corrected chi connectivity index (χ3v) is 5.66. The Hall–Kier alpha value is -1.16. The molecule has 22 heavy (non-hydrogen) atoms. The highest BCUT2D eigenvalue weighted by atomic mass is 32.2. The van der Waals surface area contributed by atoms with Crippen LogP contribution in [0.5, 0.6) is 0 Å². The Morgan fingerprint density at radius 1 is 1.32 bits per heavy atom. The largest absolute Gasteiger partial charge is 0.356 e. The van der Waals surface area contributed by atoms with Gasteiger partial charge in [0.05, 0.1) is 0 Å². The molecule has 2 N–H and O–H groups in total. The van der Waals surface area contributed by atoms with E-state index in [1.165, 1.54) is 24.8 Å². The van der Waals surface area contributed by atoms with Gasteiger partial charge in [-0.15, -0.1) is 0 Å². The van der Waals surface area contributed by atoms with Gasteiger partial charge in [-0.1, -0.05) is 37.3 Å². The second-order valence-electron chi connectivity index (χ2n) is 5.98. The van der Waals surface area contributed by atoms with Crippen LogP contribution in [0, 0.1) is 0 Å². The minimum atomic E-state index is 0.530. The van der Waals surface area contributed by atoms with E-state index in [0.717, 1.165) is 24.2 Å². The van der Waals surface area contributed by atoms with Gasteiger partial charge in [-0.05, 0) is 37.5 Å². The zero-order valence-corrected chi connectivity index (χ0v) is 14.8. The van der Waals surface area contributed by atoms with Crippen LogP contribution in [0.4, 0.5) is 0 Å². The van der Waals surface area contributed by atoms with Crippen molar-refractivity contribution in [3.63, 3.8) is 0 Å². The zero-order valence-electron chi connectivity index (χ0n) is 14.0. The van der Waals surface area contributed by atoms with E-state index in [2.05, 4.69) is 59.1 Å². The molecule has 1 aromatic rings. The van der Waals surface area contributed by atoms with Gasteiger partial charge in [0.2, 0.25) is 0 Å². The number of nitrogens with one attached hydrogen (secondary N) is 2. The van der Waals surface area contributed by atoms with Crippen LogP contribution in [0.2, 0.25) is 0 Å². The van der Waals surface area contributed by atoms with Crippen LogP contribution in [0.3, 0.4) is 0 Å². The monoisotopic (exact) mass is 319 g/mol. The molecule has 0 saturated heterocycles. The molecule has 0 aliphatic heterocycles. The van der Waals surface area contributed by atoms with Gasteiger partial charge < -0.3 is 10.6 Å². The first-order valence-electron chi connectivity index (χ1n) is 8.31. The number of aliphatic imine (C=N–C) groups is 1. The number of hydrogen-bond acceptors (Lipinski definition) is 2. The first-order chi connectivity index (χ1) is 10.8. The first kappa shape index (κ1) is 17.2. The molecule has 1 aliphatic rings. The molecule has 0 bridgehead atoms. The minimum Gasteiger partial charge on any atom is -0.356 e. The van der Waals surface area contributed by atoms with Gasteiger partial charge in [0, 0.05) is 30.8 Å².